The summed E-state index contributed by atoms with van der Waals surface area (Å²) >= 11 is 0. The number of piperidine rings is 1. The number of carbonyl (C=O) groups excluding carboxylic acids is 9. The van der Waals surface area contributed by atoms with Crippen molar-refractivity contribution in [3.8, 4) is 0 Å². The Morgan fingerprint density at radius 3 is 1.62 bits per heavy atom. The van der Waals surface area contributed by atoms with Gasteiger partial charge in [-0.3, -0.25) is 43.2 Å². The van der Waals surface area contributed by atoms with Crippen LogP contribution in [0.3, 0.4) is 0 Å². The number of likely N-dealkylation sites (tertiary alicyclic amines) is 1. The van der Waals surface area contributed by atoms with Gasteiger partial charge in [-0.1, -0.05) is 102 Å². The van der Waals surface area contributed by atoms with E-state index in [1.54, 1.807) is 49.1 Å². The van der Waals surface area contributed by atoms with Crippen LogP contribution >= 0.6 is 0 Å². The lowest BCUT2D eigenvalue weighted by atomic mass is 9.97. The van der Waals surface area contributed by atoms with Crippen LogP contribution in [0.5, 0.6) is 0 Å². The molecule has 2 aromatic carbocycles. The molecule has 1 aliphatic carbocycles. The van der Waals surface area contributed by atoms with Crippen molar-refractivity contribution in [2.45, 2.75) is 161 Å². The molecule has 19 heteroatoms. The van der Waals surface area contributed by atoms with Gasteiger partial charge in [-0.05, 0) is 74.8 Å². The molecule has 0 aromatic heterocycles. The molecule has 10 atom stereocenters. The van der Waals surface area contributed by atoms with Crippen molar-refractivity contribution in [1.29, 1.82) is 0 Å². The van der Waals surface area contributed by atoms with E-state index in [-0.39, 0.29) is 61.5 Å². The molecule has 74 heavy (non-hydrogen) atoms. The van der Waals surface area contributed by atoms with E-state index in [4.69, 9.17) is 5.73 Å². The number of benzene rings is 2. The molecule has 19 nitrogen and oxygen atoms in total. The van der Waals surface area contributed by atoms with Gasteiger partial charge in [-0.25, -0.2) is 0 Å². The van der Waals surface area contributed by atoms with Crippen molar-refractivity contribution in [1.82, 2.24) is 40.9 Å². The fourth-order valence-corrected chi connectivity index (χ4v) is 9.10. The monoisotopic (exact) mass is 1030 g/mol. The van der Waals surface area contributed by atoms with E-state index < -0.39 is 102 Å². The van der Waals surface area contributed by atoms with Gasteiger partial charge in [0.15, 0.2) is 0 Å². The van der Waals surface area contributed by atoms with Crippen molar-refractivity contribution < 1.29 is 48.3 Å². The number of aliphatic hydroxyl groups is 1. The summed E-state index contributed by atoms with van der Waals surface area (Å²) in [5, 5.41) is 21.8. The van der Waals surface area contributed by atoms with Gasteiger partial charge in [0.1, 0.15) is 48.1 Å². The van der Waals surface area contributed by atoms with Crippen LogP contribution in [0.15, 0.2) is 60.7 Å². The lowest BCUT2D eigenvalue weighted by Gasteiger charge is -2.37. The summed E-state index contributed by atoms with van der Waals surface area (Å²) in [6.07, 6.45) is 1.75. The lowest BCUT2D eigenvalue weighted by Crippen LogP contribution is -2.62. The van der Waals surface area contributed by atoms with Crippen LogP contribution in [-0.4, -0.2) is 166 Å². The molecule has 2 aliphatic rings. The van der Waals surface area contributed by atoms with Gasteiger partial charge in [0.2, 0.25) is 47.3 Å². The molecule has 1 unspecified atom stereocenters. The second-order valence-electron chi connectivity index (χ2n) is 21.5. The molecule has 0 bridgehead atoms. The zero-order valence-corrected chi connectivity index (χ0v) is 45.3. The minimum absolute atomic E-state index is 0.0142. The summed E-state index contributed by atoms with van der Waals surface area (Å²) in [5.74, 6) is -6.19. The van der Waals surface area contributed by atoms with Gasteiger partial charge < -0.3 is 51.7 Å². The normalized spacial score (nSPS) is 18.1. The number of nitrogens with two attached hydrogens (primary N) is 1. The van der Waals surface area contributed by atoms with Gasteiger partial charge in [-0.15, -0.1) is 0 Å². The molecular formula is C55H83N9O10. The van der Waals surface area contributed by atoms with Crippen molar-refractivity contribution in [2.24, 2.45) is 29.4 Å². The number of Topliss-reactive ketones (excluding diaryl/α,β-unsaturated/α-hetero) is 1. The molecule has 7 N–H and O–H groups in total. The zero-order valence-electron chi connectivity index (χ0n) is 45.3. The first-order chi connectivity index (χ1) is 34.8. The molecule has 1 aliphatic heterocycles. The number of ketones is 1. The van der Waals surface area contributed by atoms with Gasteiger partial charge >= 0.3 is 0 Å². The summed E-state index contributed by atoms with van der Waals surface area (Å²) in [5.41, 5.74) is 7.46. The second-order valence-corrected chi connectivity index (χ2v) is 21.5. The fraction of sp³-hybridized carbons (Fsp3) is 0.618. The highest BCUT2D eigenvalue weighted by molar-refractivity contribution is 6.04. The Morgan fingerprint density at radius 2 is 1.12 bits per heavy atom. The number of hydrogen-bond donors (Lipinski definition) is 6. The molecule has 1 heterocycles. The average Bonchev–Trinajstić information content (AvgIpc) is 4.11. The predicted molar refractivity (Wildman–Crippen MR) is 280 cm³/mol. The Balaban J connectivity index is 1.61. The third-order valence-corrected chi connectivity index (χ3v) is 14.1. The number of aliphatic hydroxyl groups excluding tert-OH is 1. The van der Waals surface area contributed by atoms with Crippen molar-refractivity contribution in [3.63, 3.8) is 0 Å². The molecule has 4 rings (SSSR count). The highest BCUT2D eigenvalue weighted by Gasteiger charge is 2.48. The molecule has 2 aromatic rings. The third kappa shape index (κ3) is 16.9. The van der Waals surface area contributed by atoms with E-state index in [1.807, 2.05) is 58.0 Å². The zero-order chi connectivity index (χ0) is 55.1. The van der Waals surface area contributed by atoms with Crippen LogP contribution in [0.25, 0.3) is 0 Å². The Morgan fingerprint density at radius 1 is 0.608 bits per heavy atom. The third-order valence-electron chi connectivity index (χ3n) is 14.1. The molecule has 0 radical (unpaired) electrons. The molecular weight excluding hydrogens is 947 g/mol. The number of likely N-dealkylation sites (N-methyl/N-ethyl adjacent to an activating group) is 3. The fourth-order valence-electron chi connectivity index (χ4n) is 9.10. The van der Waals surface area contributed by atoms with Crippen LogP contribution in [0.4, 0.5) is 0 Å². The van der Waals surface area contributed by atoms with Crippen molar-refractivity contribution in [2.75, 3.05) is 34.2 Å². The summed E-state index contributed by atoms with van der Waals surface area (Å²) < 4.78 is 0. The summed E-state index contributed by atoms with van der Waals surface area (Å²) in [6, 6.07) is 8.54. The Labute approximate surface area is 437 Å². The van der Waals surface area contributed by atoms with Gasteiger partial charge in [0.25, 0.3) is 0 Å². The first-order valence-corrected chi connectivity index (χ1v) is 26.2. The van der Waals surface area contributed by atoms with E-state index >= 15 is 4.79 Å². The molecule has 408 valence electrons. The smallest absolute Gasteiger partial charge is 0.248 e. The van der Waals surface area contributed by atoms with E-state index in [1.165, 1.54) is 44.8 Å². The Kier molecular flexibility index (Phi) is 22.8. The Bertz CT molecular complexity index is 2250. The van der Waals surface area contributed by atoms with Crippen LogP contribution in [0.2, 0.25) is 0 Å². The first-order valence-electron chi connectivity index (χ1n) is 26.2. The summed E-state index contributed by atoms with van der Waals surface area (Å²) in [6.45, 7) is 14.8. The maximum Gasteiger partial charge on any atom is 0.248 e. The van der Waals surface area contributed by atoms with Crippen LogP contribution < -0.4 is 27.0 Å². The summed E-state index contributed by atoms with van der Waals surface area (Å²) in [4.78, 5) is 131. The number of carbonyl (C=O) groups is 9. The topological polar surface area (TPSA) is 261 Å². The highest BCUT2D eigenvalue weighted by atomic mass is 16.3. The molecule has 8 amide bonds. The van der Waals surface area contributed by atoms with Crippen LogP contribution in [-0.2, 0) is 56.0 Å². The predicted octanol–water partition coefficient (Wildman–Crippen LogP) is 1.97. The number of amides is 8. The average molecular weight is 1030 g/mol. The maximum absolute atomic E-state index is 15.0. The molecule has 0 spiro atoms. The standard InChI is InChI=1S/C55H83N9O10/c1-32(2)27-40(57-51(70)45(56)34(5)6)49(68)59-46(36(8)65)54(73)61(9)35(7)48(67)58-41(29-37-21-15-12-16-22-37)52(71)63(11)43(28-33(3)4)53(72)62(10)42(30-38-23-17-13-18-24-38)50(69)60-47(39-31-44(39)66)55(74)64-25-19-14-20-26-64/h12-13,15-18,21-24,32-36,39-43,45-47,65H,14,19-20,25-31,56H2,1-11H3,(H,57,70)(H,58,67)(H,59,68)(H,60,69)/t35-,36+,39?,40-,41-,42-,43-,45+,46-,47-/m0/s1. The minimum Gasteiger partial charge on any atom is -0.391 e. The number of rotatable bonds is 26. The number of nitrogens with zero attached hydrogens (tertiary/aromatic N) is 4. The first kappa shape index (κ1) is 60.3. The molecule has 2 fully saturated rings. The van der Waals surface area contributed by atoms with Crippen molar-refractivity contribution in [3.05, 3.63) is 71.8 Å². The largest absolute Gasteiger partial charge is 0.391 e. The maximum atomic E-state index is 15.0. The van der Waals surface area contributed by atoms with Crippen LogP contribution in [0, 0.1) is 23.7 Å². The van der Waals surface area contributed by atoms with E-state index in [0.717, 1.165) is 29.7 Å². The second kappa shape index (κ2) is 27.9. The van der Waals surface area contributed by atoms with Crippen LogP contribution in [0.1, 0.15) is 105 Å². The van der Waals surface area contributed by atoms with Crippen molar-refractivity contribution >= 4 is 53.0 Å². The molecule has 1 saturated heterocycles. The molecule has 1 saturated carbocycles. The van der Waals surface area contributed by atoms with E-state index in [0.29, 0.717) is 18.7 Å². The van der Waals surface area contributed by atoms with E-state index in [9.17, 15) is 43.5 Å². The summed E-state index contributed by atoms with van der Waals surface area (Å²) in [7, 11) is 4.27. The van der Waals surface area contributed by atoms with Gasteiger partial charge in [0.05, 0.1) is 18.1 Å². The lowest BCUT2D eigenvalue weighted by molar-refractivity contribution is -0.150. The number of nitrogens with one attached hydrogen (secondary N) is 4. The highest BCUT2D eigenvalue weighted by Crippen LogP contribution is 2.30. The number of hydrogen-bond acceptors (Lipinski definition) is 11. The van der Waals surface area contributed by atoms with E-state index in [2.05, 4.69) is 21.3 Å². The Hall–Kier alpha value is -6.21. The SMILES string of the molecule is CC(C)C[C@H](NC(=O)[C@H](N)C(C)C)C(=O)N[C@H](C(=O)N(C)[C@@H](C)C(=O)N[C@@H](Cc1ccccc1)C(=O)N(C)[C@@H](CC(C)C)C(=O)N(C)[C@@H](Cc1ccccc1)C(=O)N[C@H](C(=O)N1CCCCC1)C1CC1=O)[C@@H](C)O. The minimum atomic E-state index is -1.54. The quantitative estimate of drug-likeness (QED) is 0.0794. The van der Waals surface area contributed by atoms with Gasteiger partial charge in [0, 0.05) is 53.5 Å². The van der Waals surface area contributed by atoms with Gasteiger partial charge in [-0.2, -0.15) is 0 Å².